The Labute approximate surface area is 98.7 Å². The maximum Gasteiger partial charge on any atom is 0.237 e. The highest BCUT2D eigenvalue weighted by Crippen LogP contribution is 2.22. The number of anilines is 1. The van der Waals surface area contributed by atoms with E-state index in [0.29, 0.717) is 24.8 Å². The fraction of sp³-hybridized carbons (Fsp3) is 0.545. The summed E-state index contributed by atoms with van der Waals surface area (Å²) in [5, 5.41) is 0. The largest absolute Gasteiger partial charge is 0.468 e. The minimum absolute atomic E-state index is 0.0472. The number of ether oxygens (including phenoxy) is 3. The number of pyridine rings is 1. The smallest absolute Gasteiger partial charge is 0.237 e. The first-order valence-corrected chi connectivity index (χ1v) is 5.43. The predicted molar refractivity (Wildman–Crippen MR) is 59.6 cm³/mol. The van der Waals surface area contributed by atoms with Crippen LogP contribution in [0.3, 0.4) is 0 Å². The van der Waals surface area contributed by atoms with Crippen molar-refractivity contribution in [2.75, 3.05) is 32.2 Å². The number of halogens is 1. The van der Waals surface area contributed by atoms with Crippen LogP contribution in [-0.2, 0) is 9.47 Å². The Morgan fingerprint density at radius 1 is 1.47 bits per heavy atom. The first kappa shape index (κ1) is 12.1. The molecular formula is C11H15FN2O3. The zero-order valence-corrected chi connectivity index (χ0v) is 9.34. The lowest BCUT2D eigenvalue weighted by molar-refractivity contribution is -0.00635. The minimum Gasteiger partial charge on any atom is -0.468 e. The van der Waals surface area contributed by atoms with Gasteiger partial charge in [-0.05, 0) is 12.1 Å². The van der Waals surface area contributed by atoms with E-state index in [0.717, 1.165) is 0 Å². The van der Waals surface area contributed by atoms with E-state index in [1.165, 1.54) is 0 Å². The summed E-state index contributed by atoms with van der Waals surface area (Å²) in [7, 11) is 0. The Morgan fingerprint density at radius 3 is 3.06 bits per heavy atom. The molecule has 2 rings (SSSR count). The van der Waals surface area contributed by atoms with E-state index in [-0.39, 0.29) is 18.8 Å². The fourth-order valence-electron chi connectivity index (χ4n) is 1.62. The quantitative estimate of drug-likeness (QED) is 0.827. The molecule has 2 heterocycles. The van der Waals surface area contributed by atoms with Crippen molar-refractivity contribution in [2.24, 2.45) is 0 Å². The second-order valence-electron chi connectivity index (χ2n) is 3.69. The molecule has 1 fully saturated rings. The fourth-order valence-corrected chi connectivity index (χ4v) is 1.62. The number of nitrogen functional groups attached to an aromatic ring is 1. The Hall–Kier alpha value is -1.40. The number of alkyl halides is 1. The van der Waals surface area contributed by atoms with Crippen LogP contribution in [-0.4, -0.2) is 43.7 Å². The van der Waals surface area contributed by atoms with Crippen molar-refractivity contribution in [1.82, 2.24) is 4.98 Å². The number of rotatable bonds is 5. The third kappa shape index (κ3) is 3.04. The highest BCUT2D eigenvalue weighted by Gasteiger charge is 2.31. The number of nitrogens with zero attached hydrogens (tertiary/aromatic N) is 1. The van der Waals surface area contributed by atoms with Crippen LogP contribution >= 0.6 is 0 Å². The van der Waals surface area contributed by atoms with E-state index in [2.05, 4.69) is 4.98 Å². The van der Waals surface area contributed by atoms with Crippen molar-refractivity contribution in [3.8, 4) is 5.88 Å². The Bertz CT molecular complexity index is 364. The van der Waals surface area contributed by atoms with Crippen molar-refractivity contribution in [2.45, 2.75) is 12.2 Å². The Balaban J connectivity index is 1.95. The molecule has 0 aliphatic carbocycles. The molecule has 2 atom stereocenters. The zero-order valence-electron chi connectivity index (χ0n) is 9.34. The molecule has 17 heavy (non-hydrogen) atoms. The van der Waals surface area contributed by atoms with Crippen molar-refractivity contribution >= 4 is 5.69 Å². The lowest BCUT2D eigenvalue weighted by atomic mass is 10.2. The van der Waals surface area contributed by atoms with Gasteiger partial charge in [-0.1, -0.05) is 0 Å². The average Bonchev–Trinajstić information content (AvgIpc) is 2.77. The summed E-state index contributed by atoms with van der Waals surface area (Å²) in [6.07, 6.45) is 1.03. The molecule has 0 aromatic carbocycles. The summed E-state index contributed by atoms with van der Waals surface area (Å²) in [6.45, 7) is 0.324. The van der Waals surface area contributed by atoms with Crippen LogP contribution in [0.15, 0.2) is 18.3 Å². The maximum atomic E-state index is 12.0. The third-order valence-electron chi connectivity index (χ3n) is 2.45. The second-order valence-corrected chi connectivity index (χ2v) is 3.69. The van der Waals surface area contributed by atoms with E-state index in [9.17, 15) is 4.39 Å². The SMILES string of the molecule is Nc1cccnc1O[C@H]1COC[C@H]1OCCF. The van der Waals surface area contributed by atoms with Crippen LogP contribution in [0.4, 0.5) is 10.1 Å². The van der Waals surface area contributed by atoms with E-state index >= 15 is 0 Å². The minimum atomic E-state index is -0.519. The van der Waals surface area contributed by atoms with Gasteiger partial charge < -0.3 is 19.9 Å². The topological polar surface area (TPSA) is 66.6 Å². The molecule has 6 heteroatoms. The van der Waals surface area contributed by atoms with E-state index in [4.69, 9.17) is 19.9 Å². The van der Waals surface area contributed by atoms with Crippen molar-refractivity contribution in [1.29, 1.82) is 0 Å². The molecule has 1 aliphatic heterocycles. The molecule has 0 spiro atoms. The van der Waals surface area contributed by atoms with E-state index < -0.39 is 6.67 Å². The molecule has 0 radical (unpaired) electrons. The molecule has 1 aromatic rings. The van der Waals surface area contributed by atoms with Gasteiger partial charge in [-0.3, -0.25) is 0 Å². The summed E-state index contributed by atoms with van der Waals surface area (Å²) in [6, 6.07) is 3.43. The Kier molecular flexibility index (Phi) is 4.11. The van der Waals surface area contributed by atoms with Crippen LogP contribution in [0.5, 0.6) is 5.88 Å². The molecule has 5 nitrogen and oxygen atoms in total. The first-order chi connectivity index (χ1) is 8.31. The molecular weight excluding hydrogens is 227 g/mol. The van der Waals surface area contributed by atoms with Gasteiger partial charge >= 0.3 is 0 Å². The molecule has 0 bridgehead atoms. The lowest BCUT2D eigenvalue weighted by Gasteiger charge is -2.19. The van der Waals surface area contributed by atoms with Gasteiger partial charge in [0.25, 0.3) is 0 Å². The highest BCUT2D eigenvalue weighted by atomic mass is 19.1. The van der Waals surface area contributed by atoms with Crippen LogP contribution < -0.4 is 10.5 Å². The van der Waals surface area contributed by atoms with E-state index in [1.54, 1.807) is 18.3 Å². The number of hydrogen-bond acceptors (Lipinski definition) is 5. The summed E-state index contributed by atoms with van der Waals surface area (Å²) >= 11 is 0. The molecule has 0 amide bonds. The van der Waals surface area contributed by atoms with Gasteiger partial charge in [-0.15, -0.1) is 0 Å². The van der Waals surface area contributed by atoms with Crippen LogP contribution in [0, 0.1) is 0 Å². The van der Waals surface area contributed by atoms with Gasteiger partial charge in [-0.2, -0.15) is 0 Å². The summed E-state index contributed by atoms with van der Waals surface area (Å²) in [5.41, 5.74) is 6.18. The first-order valence-electron chi connectivity index (χ1n) is 5.43. The molecule has 0 saturated carbocycles. The summed E-state index contributed by atoms with van der Waals surface area (Å²) in [4.78, 5) is 4.02. The van der Waals surface area contributed by atoms with Crippen molar-refractivity contribution in [3.63, 3.8) is 0 Å². The second kappa shape index (κ2) is 5.79. The van der Waals surface area contributed by atoms with Gasteiger partial charge in [0.1, 0.15) is 12.8 Å². The molecule has 94 valence electrons. The lowest BCUT2D eigenvalue weighted by Crippen LogP contribution is -2.33. The van der Waals surface area contributed by atoms with Crippen LogP contribution in [0.25, 0.3) is 0 Å². The Morgan fingerprint density at radius 2 is 2.29 bits per heavy atom. The molecule has 1 aromatic heterocycles. The van der Waals surface area contributed by atoms with Crippen molar-refractivity contribution in [3.05, 3.63) is 18.3 Å². The molecule has 1 aliphatic rings. The number of hydrogen-bond donors (Lipinski definition) is 1. The maximum absolute atomic E-state index is 12.0. The van der Waals surface area contributed by atoms with Gasteiger partial charge in [0, 0.05) is 6.20 Å². The van der Waals surface area contributed by atoms with Gasteiger partial charge in [0.15, 0.2) is 6.10 Å². The summed E-state index contributed by atoms with van der Waals surface area (Å²) in [5.74, 6) is 0.358. The van der Waals surface area contributed by atoms with Gasteiger partial charge in [-0.25, -0.2) is 9.37 Å². The van der Waals surface area contributed by atoms with Gasteiger partial charge in [0.2, 0.25) is 5.88 Å². The predicted octanol–water partition coefficient (Wildman–Crippen LogP) is 0.796. The molecule has 0 unspecified atom stereocenters. The monoisotopic (exact) mass is 242 g/mol. The normalized spacial score (nSPS) is 23.8. The zero-order chi connectivity index (χ0) is 12.1. The van der Waals surface area contributed by atoms with Gasteiger partial charge in [0.05, 0.1) is 25.5 Å². The van der Waals surface area contributed by atoms with Crippen molar-refractivity contribution < 1.29 is 18.6 Å². The third-order valence-corrected chi connectivity index (χ3v) is 2.45. The van der Waals surface area contributed by atoms with Crippen LogP contribution in [0.1, 0.15) is 0 Å². The van der Waals surface area contributed by atoms with Crippen LogP contribution in [0.2, 0.25) is 0 Å². The molecule has 1 saturated heterocycles. The molecule has 2 N–H and O–H groups in total. The number of aromatic nitrogens is 1. The number of nitrogens with two attached hydrogens (primary N) is 1. The summed E-state index contributed by atoms with van der Waals surface area (Å²) < 4.78 is 28.2. The average molecular weight is 242 g/mol. The standard InChI is InChI=1S/C11H15FN2O3/c12-3-5-16-9-6-15-7-10(9)17-11-8(13)2-1-4-14-11/h1-2,4,9-10H,3,5-7,13H2/t9-,10+/m1/s1. The van der Waals surface area contributed by atoms with E-state index in [1.807, 2.05) is 0 Å². The highest BCUT2D eigenvalue weighted by molar-refractivity contribution is 5.47.